The number of carbonyl (C=O) groups is 2. The first-order valence-corrected chi connectivity index (χ1v) is 12.3. The minimum absolute atomic E-state index is 0.148. The predicted octanol–water partition coefficient (Wildman–Crippen LogP) is 6.00. The Labute approximate surface area is 207 Å². The maximum absolute atomic E-state index is 13.2. The lowest BCUT2D eigenvalue weighted by Crippen LogP contribution is -2.51. The first kappa shape index (κ1) is 24.9. The van der Waals surface area contributed by atoms with Gasteiger partial charge in [-0.1, -0.05) is 70.5 Å². The Morgan fingerprint density at radius 1 is 1.16 bits per heavy atom. The minimum atomic E-state index is -0.646. The fraction of sp³-hybridized carbons (Fsp3) is 0.417. The van der Waals surface area contributed by atoms with Crippen molar-refractivity contribution >= 4 is 50.9 Å². The van der Waals surface area contributed by atoms with Crippen LogP contribution in [0.1, 0.15) is 44.6 Å². The number of benzene rings is 2. The van der Waals surface area contributed by atoms with Gasteiger partial charge in [-0.3, -0.25) is 9.59 Å². The van der Waals surface area contributed by atoms with E-state index in [0.29, 0.717) is 15.8 Å². The third-order valence-corrected chi connectivity index (χ3v) is 6.63. The number of halogens is 3. The average Bonchev–Trinajstić information content (AvgIpc) is 2.77. The van der Waals surface area contributed by atoms with Crippen LogP contribution in [0.25, 0.3) is 0 Å². The van der Waals surface area contributed by atoms with Crippen LogP contribution >= 0.6 is 39.1 Å². The summed E-state index contributed by atoms with van der Waals surface area (Å²) in [5.74, 6) is -0.0850. The third-order valence-electron chi connectivity index (χ3n) is 5.61. The van der Waals surface area contributed by atoms with Crippen molar-refractivity contribution in [1.29, 1.82) is 0 Å². The lowest BCUT2D eigenvalue weighted by Gasteiger charge is -2.31. The summed E-state index contributed by atoms with van der Waals surface area (Å²) in [6.07, 6.45) is 5.41. The second-order valence-corrected chi connectivity index (χ2v) is 9.79. The van der Waals surface area contributed by atoms with Crippen molar-refractivity contribution in [1.82, 2.24) is 10.2 Å². The van der Waals surface area contributed by atoms with Crippen LogP contribution in [0.3, 0.4) is 0 Å². The van der Waals surface area contributed by atoms with Crippen molar-refractivity contribution in [2.24, 2.45) is 0 Å². The molecular weight excluding hydrogens is 515 g/mol. The van der Waals surface area contributed by atoms with Crippen LogP contribution in [0.15, 0.2) is 46.9 Å². The van der Waals surface area contributed by atoms with Gasteiger partial charge >= 0.3 is 0 Å². The quantitative estimate of drug-likeness (QED) is 0.445. The Balaban J connectivity index is 1.72. The van der Waals surface area contributed by atoms with E-state index >= 15 is 0 Å². The van der Waals surface area contributed by atoms with Crippen molar-refractivity contribution in [2.75, 3.05) is 6.61 Å². The molecule has 1 fully saturated rings. The van der Waals surface area contributed by atoms with Crippen LogP contribution in [0.2, 0.25) is 10.0 Å². The van der Waals surface area contributed by atoms with Crippen molar-refractivity contribution in [3.8, 4) is 5.75 Å². The molecule has 172 valence electrons. The zero-order valence-electron chi connectivity index (χ0n) is 18.0. The van der Waals surface area contributed by atoms with Crippen molar-refractivity contribution in [3.63, 3.8) is 0 Å². The van der Waals surface area contributed by atoms with Gasteiger partial charge in [0, 0.05) is 22.1 Å². The van der Waals surface area contributed by atoms with Crippen molar-refractivity contribution in [3.05, 3.63) is 62.5 Å². The number of nitrogens with zero attached hydrogens (tertiary/aromatic N) is 1. The largest absolute Gasteiger partial charge is 0.482 e. The topological polar surface area (TPSA) is 58.6 Å². The van der Waals surface area contributed by atoms with Gasteiger partial charge in [0.05, 0.1) is 5.02 Å². The Hall–Kier alpha value is -1.76. The summed E-state index contributed by atoms with van der Waals surface area (Å²) in [6.45, 7) is 1.80. The maximum atomic E-state index is 13.2. The molecule has 0 aromatic heterocycles. The van der Waals surface area contributed by atoms with Gasteiger partial charge in [0.25, 0.3) is 5.91 Å². The number of hydrogen-bond donors (Lipinski definition) is 1. The highest BCUT2D eigenvalue weighted by Gasteiger charge is 2.28. The van der Waals surface area contributed by atoms with Gasteiger partial charge in [0.15, 0.2) is 6.61 Å². The van der Waals surface area contributed by atoms with E-state index in [9.17, 15) is 9.59 Å². The molecule has 5 nitrogen and oxygen atoms in total. The highest BCUT2D eigenvalue weighted by Crippen LogP contribution is 2.27. The second-order valence-electron chi connectivity index (χ2n) is 8.03. The van der Waals surface area contributed by atoms with Crippen molar-refractivity contribution < 1.29 is 14.3 Å². The fourth-order valence-corrected chi connectivity index (χ4v) is 4.71. The fourth-order valence-electron chi connectivity index (χ4n) is 3.80. The second kappa shape index (κ2) is 11.9. The molecule has 2 amide bonds. The van der Waals surface area contributed by atoms with Crippen LogP contribution in [-0.2, 0) is 16.1 Å². The lowest BCUT2D eigenvalue weighted by molar-refractivity contribution is -0.142. The van der Waals surface area contributed by atoms with Gasteiger partial charge in [0.2, 0.25) is 5.91 Å². The molecule has 1 atom stereocenters. The van der Waals surface area contributed by atoms with E-state index in [1.807, 2.05) is 24.3 Å². The molecule has 1 aliphatic carbocycles. The molecule has 1 unspecified atom stereocenters. The molecule has 0 aliphatic heterocycles. The van der Waals surface area contributed by atoms with E-state index in [0.717, 1.165) is 35.7 Å². The Bertz CT molecular complexity index is 951. The summed E-state index contributed by atoms with van der Waals surface area (Å²) in [7, 11) is 0. The zero-order chi connectivity index (χ0) is 23.1. The highest BCUT2D eigenvalue weighted by atomic mass is 79.9. The van der Waals surface area contributed by atoms with Crippen LogP contribution in [0.4, 0.5) is 0 Å². The Morgan fingerprint density at radius 3 is 2.59 bits per heavy atom. The minimum Gasteiger partial charge on any atom is -0.482 e. The SMILES string of the molecule is CC(C(=O)NC1CCCCC1)N(Cc1cccc(Br)c1)C(=O)COc1ccc(Cl)cc1Cl. The van der Waals surface area contributed by atoms with Crippen LogP contribution in [0, 0.1) is 0 Å². The van der Waals surface area contributed by atoms with E-state index in [1.54, 1.807) is 30.0 Å². The first-order chi connectivity index (χ1) is 15.3. The monoisotopic (exact) mass is 540 g/mol. The van der Waals surface area contributed by atoms with E-state index in [4.69, 9.17) is 27.9 Å². The number of hydrogen-bond acceptors (Lipinski definition) is 3. The van der Waals surface area contributed by atoms with Gasteiger partial charge in [-0.2, -0.15) is 0 Å². The summed E-state index contributed by atoms with van der Waals surface area (Å²) in [5, 5.41) is 3.93. The van der Waals surface area contributed by atoms with Crippen LogP contribution < -0.4 is 10.1 Å². The molecular formula is C24H27BrCl2N2O3. The number of amides is 2. The number of nitrogens with one attached hydrogen (secondary N) is 1. The molecule has 2 aromatic rings. The summed E-state index contributed by atoms with van der Waals surface area (Å²) in [6, 6.07) is 12.0. The molecule has 1 saturated carbocycles. The van der Waals surface area contributed by atoms with E-state index in [-0.39, 0.29) is 31.0 Å². The van der Waals surface area contributed by atoms with Gasteiger partial charge in [-0.25, -0.2) is 0 Å². The Kier molecular flexibility index (Phi) is 9.26. The molecule has 1 aliphatic rings. The number of rotatable bonds is 8. The maximum Gasteiger partial charge on any atom is 0.261 e. The van der Waals surface area contributed by atoms with E-state index in [2.05, 4.69) is 21.2 Å². The third kappa shape index (κ3) is 7.12. The molecule has 0 heterocycles. The summed E-state index contributed by atoms with van der Waals surface area (Å²) >= 11 is 15.5. The predicted molar refractivity (Wildman–Crippen MR) is 131 cm³/mol. The highest BCUT2D eigenvalue weighted by molar-refractivity contribution is 9.10. The van der Waals surface area contributed by atoms with Crippen LogP contribution in [-0.4, -0.2) is 35.4 Å². The summed E-state index contributed by atoms with van der Waals surface area (Å²) in [5.41, 5.74) is 0.912. The molecule has 0 radical (unpaired) electrons. The first-order valence-electron chi connectivity index (χ1n) is 10.8. The molecule has 1 N–H and O–H groups in total. The standard InChI is InChI=1S/C24H27BrCl2N2O3/c1-16(24(31)28-20-8-3-2-4-9-20)29(14-17-6-5-7-18(25)12-17)23(30)15-32-22-11-10-19(26)13-21(22)27/h5-7,10-13,16,20H,2-4,8-9,14-15H2,1H3,(H,28,31). The summed E-state index contributed by atoms with van der Waals surface area (Å²) in [4.78, 5) is 27.7. The van der Waals surface area contributed by atoms with E-state index < -0.39 is 6.04 Å². The van der Waals surface area contributed by atoms with Gasteiger partial charge in [0.1, 0.15) is 11.8 Å². The summed E-state index contributed by atoms with van der Waals surface area (Å²) < 4.78 is 6.56. The zero-order valence-corrected chi connectivity index (χ0v) is 21.0. The molecule has 32 heavy (non-hydrogen) atoms. The van der Waals surface area contributed by atoms with Gasteiger partial charge in [-0.15, -0.1) is 0 Å². The Morgan fingerprint density at radius 2 is 1.91 bits per heavy atom. The number of ether oxygens (including phenoxy) is 1. The van der Waals surface area contributed by atoms with Crippen molar-refractivity contribution in [2.45, 2.75) is 57.7 Å². The van der Waals surface area contributed by atoms with Gasteiger partial charge < -0.3 is 15.0 Å². The van der Waals surface area contributed by atoms with E-state index in [1.165, 1.54) is 6.42 Å². The average molecular weight is 542 g/mol. The van der Waals surface area contributed by atoms with Crippen LogP contribution in [0.5, 0.6) is 5.75 Å². The van der Waals surface area contributed by atoms with Gasteiger partial charge in [-0.05, 0) is 55.7 Å². The smallest absolute Gasteiger partial charge is 0.261 e. The normalized spacial score (nSPS) is 15.1. The molecule has 3 rings (SSSR count). The molecule has 0 spiro atoms. The molecule has 0 saturated heterocycles. The molecule has 8 heteroatoms. The lowest BCUT2D eigenvalue weighted by atomic mass is 9.95. The molecule has 0 bridgehead atoms. The number of carbonyl (C=O) groups excluding carboxylic acids is 2. The molecule has 2 aromatic carbocycles.